The van der Waals surface area contributed by atoms with E-state index in [4.69, 9.17) is 5.10 Å². The van der Waals surface area contributed by atoms with E-state index < -0.39 is 0 Å². The molecule has 0 spiro atoms. The maximum atomic E-state index is 4.81. The van der Waals surface area contributed by atoms with Gasteiger partial charge in [-0.05, 0) is 44.1 Å². The topological polar surface area (TPSA) is 29.9 Å². The molecule has 1 aromatic rings. The predicted molar refractivity (Wildman–Crippen MR) is 87.2 cm³/mol. The summed E-state index contributed by atoms with van der Waals surface area (Å²) in [6.07, 6.45) is 15.8. The van der Waals surface area contributed by atoms with Crippen molar-refractivity contribution in [2.75, 3.05) is 0 Å². The van der Waals surface area contributed by atoms with E-state index in [9.17, 15) is 0 Å². The van der Waals surface area contributed by atoms with E-state index in [2.05, 4.69) is 29.2 Å². The van der Waals surface area contributed by atoms with Gasteiger partial charge < -0.3 is 5.32 Å². The second-order valence-corrected chi connectivity index (χ2v) is 7.27. The molecule has 2 aliphatic rings. The van der Waals surface area contributed by atoms with Crippen LogP contribution in [0.5, 0.6) is 0 Å². The SMILES string of the molecule is CC1CCCC(NCc2ccn(C3CCCCC3)n2)CC1. The molecule has 0 amide bonds. The van der Waals surface area contributed by atoms with Crippen LogP contribution in [0.15, 0.2) is 12.3 Å². The Morgan fingerprint density at radius 1 is 1.05 bits per heavy atom. The maximum Gasteiger partial charge on any atom is 0.0762 e. The first-order valence-corrected chi connectivity index (χ1v) is 9.08. The molecule has 2 aliphatic carbocycles. The summed E-state index contributed by atoms with van der Waals surface area (Å²) in [6.45, 7) is 3.34. The Bertz CT molecular complexity index is 420. The normalized spacial score (nSPS) is 28.4. The Labute approximate surface area is 129 Å². The highest BCUT2D eigenvalue weighted by Crippen LogP contribution is 2.27. The van der Waals surface area contributed by atoms with Crippen LogP contribution in [0.1, 0.15) is 82.9 Å². The first-order chi connectivity index (χ1) is 10.3. The van der Waals surface area contributed by atoms with Crippen LogP contribution >= 0.6 is 0 Å². The smallest absolute Gasteiger partial charge is 0.0762 e. The molecule has 2 unspecified atom stereocenters. The summed E-state index contributed by atoms with van der Waals surface area (Å²) in [5.41, 5.74) is 1.22. The molecule has 3 rings (SSSR count). The van der Waals surface area contributed by atoms with Gasteiger partial charge in [-0.25, -0.2) is 0 Å². The van der Waals surface area contributed by atoms with Gasteiger partial charge in [0.25, 0.3) is 0 Å². The molecular formula is C18H31N3. The maximum absolute atomic E-state index is 4.81. The predicted octanol–water partition coefficient (Wildman–Crippen LogP) is 4.45. The molecule has 3 heteroatoms. The van der Waals surface area contributed by atoms with Crippen molar-refractivity contribution in [2.24, 2.45) is 5.92 Å². The fraction of sp³-hybridized carbons (Fsp3) is 0.833. The highest BCUT2D eigenvalue weighted by atomic mass is 15.3. The van der Waals surface area contributed by atoms with Gasteiger partial charge in [-0.1, -0.05) is 39.0 Å². The Kier molecular flexibility index (Phi) is 5.34. The van der Waals surface area contributed by atoms with E-state index >= 15 is 0 Å². The number of hydrogen-bond donors (Lipinski definition) is 1. The van der Waals surface area contributed by atoms with Crippen LogP contribution in [0.25, 0.3) is 0 Å². The van der Waals surface area contributed by atoms with Crippen LogP contribution in [-0.4, -0.2) is 15.8 Å². The zero-order chi connectivity index (χ0) is 14.5. The lowest BCUT2D eigenvalue weighted by molar-refractivity contribution is 0.327. The zero-order valence-corrected chi connectivity index (χ0v) is 13.6. The van der Waals surface area contributed by atoms with Gasteiger partial charge in [0.05, 0.1) is 11.7 Å². The van der Waals surface area contributed by atoms with Crippen molar-refractivity contribution in [2.45, 2.75) is 89.8 Å². The Hall–Kier alpha value is -0.830. The largest absolute Gasteiger partial charge is 0.308 e. The van der Waals surface area contributed by atoms with Crippen molar-refractivity contribution < 1.29 is 0 Å². The van der Waals surface area contributed by atoms with E-state index in [0.29, 0.717) is 12.1 Å². The van der Waals surface area contributed by atoms with Crippen molar-refractivity contribution in [1.29, 1.82) is 0 Å². The molecule has 0 aromatic carbocycles. The van der Waals surface area contributed by atoms with Gasteiger partial charge in [0.15, 0.2) is 0 Å². The molecule has 21 heavy (non-hydrogen) atoms. The molecule has 1 aromatic heterocycles. The highest BCUT2D eigenvalue weighted by molar-refractivity contribution is 5.00. The number of nitrogens with one attached hydrogen (secondary N) is 1. The molecular weight excluding hydrogens is 258 g/mol. The molecule has 2 saturated carbocycles. The molecule has 0 saturated heterocycles. The van der Waals surface area contributed by atoms with Crippen LogP contribution in [0.3, 0.4) is 0 Å². The van der Waals surface area contributed by atoms with Gasteiger partial charge in [0, 0.05) is 18.8 Å². The third-order valence-corrected chi connectivity index (χ3v) is 5.44. The molecule has 2 fully saturated rings. The monoisotopic (exact) mass is 289 g/mol. The standard InChI is InChI=1S/C18H31N3/c1-15-6-5-7-16(11-10-15)19-14-17-12-13-21(20-17)18-8-3-2-4-9-18/h12-13,15-16,18-19H,2-11,14H2,1H3. The van der Waals surface area contributed by atoms with E-state index in [0.717, 1.165) is 12.5 Å². The van der Waals surface area contributed by atoms with Crippen molar-refractivity contribution in [3.63, 3.8) is 0 Å². The second-order valence-electron chi connectivity index (χ2n) is 7.27. The number of rotatable bonds is 4. The molecule has 3 nitrogen and oxygen atoms in total. The summed E-state index contributed by atoms with van der Waals surface area (Å²) in [7, 11) is 0. The van der Waals surface area contributed by atoms with Gasteiger partial charge >= 0.3 is 0 Å². The molecule has 1 N–H and O–H groups in total. The minimum atomic E-state index is 0.659. The summed E-state index contributed by atoms with van der Waals surface area (Å²) in [5, 5.41) is 8.55. The van der Waals surface area contributed by atoms with Gasteiger partial charge in [0.2, 0.25) is 0 Å². The highest BCUT2D eigenvalue weighted by Gasteiger charge is 2.18. The molecule has 0 bridgehead atoms. The van der Waals surface area contributed by atoms with E-state index in [1.165, 1.54) is 69.9 Å². The lowest BCUT2D eigenvalue weighted by Crippen LogP contribution is -2.28. The van der Waals surface area contributed by atoms with Crippen molar-refractivity contribution in [1.82, 2.24) is 15.1 Å². The van der Waals surface area contributed by atoms with Gasteiger partial charge in [-0.3, -0.25) is 4.68 Å². The Morgan fingerprint density at radius 2 is 1.90 bits per heavy atom. The van der Waals surface area contributed by atoms with Crippen molar-refractivity contribution in [3.8, 4) is 0 Å². The third kappa shape index (κ3) is 4.32. The third-order valence-electron chi connectivity index (χ3n) is 5.44. The van der Waals surface area contributed by atoms with E-state index in [1.807, 2.05) is 0 Å². The van der Waals surface area contributed by atoms with Crippen molar-refractivity contribution >= 4 is 0 Å². The molecule has 0 aliphatic heterocycles. The average Bonchev–Trinajstić information content (AvgIpc) is 2.90. The van der Waals surface area contributed by atoms with Crippen LogP contribution < -0.4 is 5.32 Å². The first kappa shape index (κ1) is 15.1. The van der Waals surface area contributed by atoms with Crippen LogP contribution in [-0.2, 0) is 6.54 Å². The number of aromatic nitrogens is 2. The molecule has 2 atom stereocenters. The minimum absolute atomic E-state index is 0.659. The van der Waals surface area contributed by atoms with Gasteiger partial charge in [-0.2, -0.15) is 5.10 Å². The van der Waals surface area contributed by atoms with E-state index in [1.54, 1.807) is 0 Å². The summed E-state index contributed by atoms with van der Waals surface area (Å²) >= 11 is 0. The fourth-order valence-electron chi connectivity index (χ4n) is 3.96. The summed E-state index contributed by atoms with van der Waals surface area (Å²) in [6, 6.07) is 3.57. The lowest BCUT2D eigenvalue weighted by atomic mass is 9.96. The van der Waals surface area contributed by atoms with Crippen LogP contribution in [0.2, 0.25) is 0 Å². The Balaban J connectivity index is 1.48. The van der Waals surface area contributed by atoms with Crippen LogP contribution in [0.4, 0.5) is 0 Å². The molecule has 1 heterocycles. The van der Waals surface area contributed by atoms with Crippen molar-refractivity contribution in [3.05, 3.63) is 18.0 Å². The second kappa shape index (κ2) is 7.44. The summed E-state index contributed by atoms with van der Waals surface area (Å²) < 4.78 is 2.23. The summed E-state index contributed by atoms with van der Waals surface area (Å²) in [5.74, 6) is 0.919. The molecule has 0 radical (unpaired) electrons. The zero-order valence-electron chi connectivity index (χ0n) is 13.6. The van der Waals surface area contributed by atoms with Gasteiger partial charge in [0.1, 0.15) is 0 Å². The quantitative estimate of drug-likeness (QED) is 0.830. The van der Waals surface area contributed by atoms with Crippen LogP contribution in [0, 0.1) is 5.92 Å². The Morgan fingerprint density at radius 3 is 2.76 bits per heavy atom. The molecule has 118 valence electrons. The average molecular weight is 289 g/mol. The van der Waals surface area contributed by atoms with E-state index in [-0.39, 0.29) is 0 Å². The first-order valence-electron chi connectivity index (χ1n) is 9.08. The number of nitrogens with zero attached hydrogens (tertiary/aromatic N) is 2. The fourth-order valence-corrected chi connectivity index (χ4v) is 3.96. The van der Waals surface area contributed by atoms with Gasteiger partial charge in [-0.15, -0.1) is 0 Å². The minimum Gasteiger partial charge on any atom is -0.308 e. The number of hydrogen-bond acceptors (Lipinski definition) is 2. The lowest BCUT2D eigenvalue weighted by Gasteiger charge is -2.21. The summed E-state index contributed by atoms with van der Waals surface area (Å²) in [4.78, 5) is 0.